The predicted molar refractivity (Wildman–Crippen MR) is 260 cm³/mol. The molecule has 0 radical (unpaired) electrons. The van der Waals surface area contributed by atoms with Crippen molar-refractivity contribution < 1.29 is 43.0 Å². The fraction of sp³-hybridized carbons (Fsp3) is 0.712. The van der Waals surface area contributed by atoms with E-state index in [9.17, 15) is 19.4 Å². The Bertz CT molecular complexity index is 1240. The van der Waals surface area contributed by atoms with Crippen LogP contribution in [0, 0.1) is 0 Å². The Labute approximate surface area is 379 Å². The van der Waals surface area contributed by atoms with Crippen molar-refractivity contribution in [2.24, 2.45) is 0 Å². The molecule has 0 aliphatic rings. The van der Waals surface area contributed by atoms with Gasteiger partial charge in [0.15, 0.2) is 0 Å². The Hall–Kier alpha value is -2.36. The van der Waals surface area contributed by atoms with Gasteiger partial charge in [-0.05, 0) is 89.9 Å². The molecule has 0 saturated carbocycles. The zero-order valence-corrected chi connectivity index (χ0v) is 40.2. The molecule has 358 valence electrons. The standard InChI is InChI=1S/C52H91O9P/c1-3-5-7-9-11-13-15-17-19-21-23-24-25-27-29-31-33-35-37-39-41-43-45-58-48-51(49-60-62(56,57)59-47-50(54)46-53)61-52(55)44-42-40-38-36-34-32-30-28-26-22-20-18-16-14-12-10-8-6-4-2/h6,8,12,14-15,17-18,20-21,23,26,28,32,34,50-51,53-54H,3-5,7,9-11,13,16,19,22,24-25,27,29-31,33,35-49H2,1-2H3,(H,56,57)/b8-6-,14-12-,17-15-,20-18-,23-21-,28-26-,34-32-. The van der Waals surface area contributed by atoms with Crippen molar-refractivity contribution in [1.82, 2.24) is 0 Å². The number of ether oxygens (including phenoxy) is 2. The lowest BCUT2D eigenvalue weighted by atomic mass is 10.1. The van der Waals surface area contributed by atoms with Gasteiger partial charge in [-0.1, -0.05) is 182 Å². The maximum Gasteiger partial charge on any atom is 0.472 e. The summed E-state index contributed by atoms with van der Waals surface area (Å²) in [5, 5.41) is 18.4. The number of allylic oxidation sites excluding steroid dienone is 14. The van der Waals surface area contributed by atoms with Gasteiger partial charge in [-0.2, -0.15) is 0 Å². The van der Waals surface area contributed by atoms with Gasteiger partial charge >= 0.3 is 13.8 Å². The molecule has 0 spiro atoms. The van der Waals surface area contributed by atoms with E-state index in [0.717, 1.165) is 77.0 Å². The van der Waals surface area contributed by atoms with E-state index in [1.165, 1.54) is 89.9 Å². The van der Waals surface area contributed by atoms with Crippen LogP contribution in [-0.4, -0.2) is 66.3 Å². The van der Waals surface area contributed by atoms with E-state index < -0.39 is 45.8 Å². The lowest BCUT2D eigenvalue weighted by molar-refractivity contribution is -0.154. The summed E-state index contributed by atoms with van der Waals surface area (Å²) >= 11 is 0. The fourth-order valence-corrected chi connectivity index (χ4v) is 7.14. The number of rotatable bonds is 46. The number of aliphatic hydroxyl groups excluding tert-OH is 2. The summed E-state index contributed by atoms with van der Waals surface area (Å²) in [5.74, 6) is -0.416. The molecule has 3 atom stereocenters. The highest BCUT2D eigenvalue weighted by Crippen LogP contribution is 2.43. The van der Waals surface area contributed by atoms with Gasteiger partial charge in [-0.3, -0.25) is 13.8 Å². The first-order valence-corrected chi connectivity index (χ1v) is 26.1. The molecule has 0 aromatic heterocycles. The van der Waals surface area contributed by atoms with Crippen LogP contribution < -0.4 is 0 Å². The molecule has 0 aromatic rings. The SMILES string of the molecule is CC/C=C\C/C=C\C/C=C\C/C=C\C/C=C\CCCCCC(=O)OC(COCCCCCCCCCCCC/C=C\C/C=C\CCCCCCC)COP(=O)(O)OCC(O)CO. The molecule has 0 aromatic carbocycles. The second kappa shape index (κ2) is 48.1. The lowest BCUT2D eigenvalue weighted by Gasteiger charge is -2.20. The Kier molecular flexibility index (Phi) is 46.3. The Morgan fingerprint density at radius 2 is 0.919 bits per heavy atom. The number of unbranched alkanes of at least 4 members (excludes halogenated alkanes) is 18. The molecule has 3 unspecified atom stereocenters. The summed E-state index contributed by atoms with van der Waals surface area (Å²) in [6, 6.07) is 0. The summed E-state index contributed by atoms with van der Waals surface area (Å²) in [5.41, 5.74) is 0. The van der Waals surface area contributed by atoms with E-state index in [1.807, 2.05) is 0 Å². The topological polar surface area (TPSA) is 132 Å². The van der Waals surface area contributed by atoms with Crippen LogP contribution in [0.3, 0.4) is 0 Å². The monoisotopic (exact) mass is 891 g/mol. The van der Waals surface area contributed by atoms with Crippen molar-refractivity contribution >= 4 is 13.8 Å². The second-order valence-corrected chi connectivity index (χ2v) is 17.5. The Morgan fingerprint density at radius 1 is 0.516 bits per heavy atom. The minimum absolute atomic E-state index is 0.0289. The zero-order valence-electron chi connectivity index (χ0n) is 39.3. The van der Waals surface area contributed by atoms with Crippen LogP contribution in [0.2, 0.25) is 0 Å². The van der Waals surface area contributed by atoms with Crippen molar-refractivity contribution in [3.63, 3.8) is 0 Å². The summed E-state index contributed by atoms with van der Waals surface area (Å²) in [6.45, 7) is 3.34. The van der Waals surface area contributed by atoms with Gasteiger partial charge < -0.3 is 24.6 Å². The molecule has 10 heteroatoms. The maximum atomic E-state index is 12.7. The normalized spacial score (nSPS) is 14.6. The smallest absolute Gasteiger partial charge is 0.457 e. The summed E-state index contributed by atoms with van der Waals surface area (Å²) in [4.78, 5) is 22.7. The molecule has 0 aliphatic heterocycles. The van der Waals surface area contributed by atoms with Crippen molar-refractivity contribution in [3.05, 3.63) is 85.1 Å². The lowest BCUT2D eigenvalue weighted by Crippen LogP contribution is -2.29. The molecule has 0 fully saturated rings. The molecule has 0 rings (SSSR count). The first kappa shape index (κ1) is 59.6. The predicted octanol–water partition coefficient (Wildman–Crippen LogP) is 14.3. The second-order valence-electron chi connectivity index (χ2n) is 16.1. The highest BCUT2D eigenvalue weighted by Gasteiger charge is 2.26. The Balaban J connectivity index is 4.18. The van der Waals surface area contributed by atoms with Crippen LogP contribution in [0.4, 0.5) is 0 Å². The van der Waals surface area contributed by atoms with Gasteiger partial charge in [0.1, 0.15) is 12.2 Å². The van der Waals surface area contributed by atoms with Gasteiger partial charge in [-0.15, -0.1) is 0 Å². The van der Waals surface area contributed by atoms with Crippen LogP contribution >= 0.6 is 7.82 Å². The highest BCUT2D eigenvalue weighted by atomic mass is 31.2. The van der Waals surface area contributed by atoms with Crippen LogP contribution in [0.5, 0.6) is 0 Å². The molecule has 62 heavy (non-hydrogen) atoms. The van der Waals surface area contributed by atoms with Gasteiger partial charge in [-0.25, -0.2) is 4.57 Å². The van der Waals surface area contributed by atoms with Crippen molar-refractivity contribution in [2.75, 3.05) is 33.0 Å². The number of aliphatic hydroxyl groups is 2. The average Bonchev–Trinajstić information content (AvgIpc) is 3.26. The molecule has 0 bridgehead atoms. The van der Waals surface area contributed by atoms with E-state index in [0.29, 0.717) is 13.0 Å². The number of esters is 1. The fourth-order valence-electron chi connectivity index (χ4n) is 6.35. The van der Waals surface area contributed by atoms with Crippen molar-refractivity contribution in [2.45, 2.75) is 206 Å². The number of hydrogen-bond donors (Lipinski definition) is 3. The van der Waals surface area contributed by atoms with E-state index in [-0.39, 0.29) is 13.0 Å². The minimum atomic E-state index is -4.54. The molecule has 0 saturated heterocycles. The molecular weight excluding hydrogens is 800 g/mol. The minimum Gasteiger partial charge on any atom is -0.457 e. The summed E-state index contributed by atoms with van der Waals surface area (Å²) in [7, 11) is -4.54. The molecule has 9 nitrogen and oxygen atoms in total. The van der Waals surface area contributed by atoms with Gasteiger partial charge in [0.05, 0.1) is 26.4 Å². The first-order valence-electron chi connectivity index (χ1n) is 24.6. The molecule has 3 N–H and O–H groups in total. The third-order valence-corrected chi connectivity index (χ3v) is 11.0. The molecule has 0 aliphatic carbocycles. The quantitative estimate of drug-likeness (QED) is 0.0236. The van der Waals surface area contributed by atoms with Gasteiger partial charge in [0.25, 0.3) is 0 Å². The van der Waals surface area contributed by atoms with E-state index >= 15 is 0 Å². The zero-order chi connectivity index (χ0) is 45.3. The Morgan fingerprint density at radius 3 is 1.39 bits per heavy atom. The molecule has 0 heterocycles. The van der Waals surface area contributed by atoms with Crippen molar-refractivity contribution in [3.8, 4) is 0 Å². The third-order valence-electron chi connectivity index (χ3n) is 10.1. The average molecular weight is 891 g/mol. The van der Waals surface area contributed by atoms with Gasteiger partial charge in [0.2, 0.25) is 0 Å². The van der Waals surface area contributed by atoms with Crippen molar-refractivity contribution in [1.29, 1.82) is 0 Å². The summed E-state index contributed by atoms with van der Waals surface area (Å²) in [6.07, 6.45) is 59.7. The molecule has 0 amide bonds. The highest BCUT2D eigenvalue weighted by molar-refractivity contribution is 7.47. The first-order chi connectivity index (χ1) is 30.3. The van der Waals surface area contributed by atoms with E-state index in [4.69, 9.17) is 23.6 Å². The third kappa shape index (κ3) is 47.1. The number of carbonyl (C=O) groups excluding carboxylic acids is 1. The molecular formula is C52H91O9P. The van der Waals surface area contributed by atoms with Crippen LogP contribution in [0.25, 0.3) is 0 Å². The largest absolute Gasteiger partial charge is 0.472 e. The number of phosphoric ester groups is 1. The van der Waals surface area contributed by atoms with Crippen LogP contribution in [-0.2, 0) is 27.9 Å². The number of phosphoric acid groups is 1. The number of carbonyl (C=O) groups is 1. The maximum absolute atomic E-state index is 12.7. The summed E-state index contributed by atoms with van der Waals surface area (Å²) < 4.78 is 33.5. The van der Waals surface area contributed by atoms with Gasteiger partial charge in [0, 0.05) is 13.0 Å². The van der Waals surface area contributed by atoms with E-state index in [2.05, 4.69) is 98.9 Å². The van der Waals surface area contributed by atoms with Crippen LogP contribution in [0.1, 0.15) is 194 Å². The van der Waals surface area contributed by atoms with Crippen LogP contribution in [0.15, 0.2) is 85.1 Å². The number of hydrogen-bond acceptors (Lipinski definition) is 8. The van der Waals surface area contributed by atoms with E-state index in [1.54, 1.807) is 0 Å².